The van der Waals surface area contributed by atoms with Gasteiger partial charge in [0.25, 0.3) is 0 Å². The molecular weight excluding hydrogens is 250 g/mol. The Labute approximate surface area is 120 Å². The van der Waals surface area contributed by atoms with Crippen LogP contribution in [0.25, 0.3) is 0 Å². The van der Waals surface area contributed by atoms with Crippen LogP contribution in [-0.2, 0) is 11.3 Å². The molecule has 1 fully saturated rings. The molecule has 0 saturated carbocycles. The van der Waals surface area contributed by atoms with Crippen molar-refractivity contribution in [2.45, 2.75) is 38.4 Å². The Morgan fingerprint density at radius 1 is 1.25 bits per heavy atom. The van der Waals surface area contributed by atoms with E-state index in [2.05, 4.69) is 39.8 Å². The Morgan fingerprint density at radius 3 is 2.90 bits per heavy atom. The number of benzene rings is 1. The summed E-state index contributed by atoms with van der Waals surface area (Å²) in [4.78, 5) is 14.6. The van der Waals surface area contributed by atoms with Crippen molar-refractivity contribution in [3.63, 3.8) is 0 Å². The first-order chi connectivity index (χ1) is 9.60. The average Bonchev–Trinajstić information content (AvgIpc) is 2.64. The Kier molecular flexibility index (Phi) is 3.52. The van der Waals surface area contributed by atoms with Crippen molar-refractivity contribution in [2.24, 2.45) is 0 Å². The maximum absolute atomic E-state index is 12.2. The average molecular weight is 273 g/mol. The van der Waals surface area contributed by atoms with E-state index in [4.69, 9.17) is 0 Å². The Bertz CT molecular complexity index is 512. The van der Waals surface area contributed by atoms with Crippen molar-refractivity contribution in [3.05, 3.63) is 35.4 Å². The van der Waals surface area contributed by atoms with Crippen LogP contribution in [0.3, 0.4) is 0 Å². The molecule has 108 valence electrons. The van der Waals surface area contributed by atoms with E-state index in [1.54, 1.807) is 0 Å². The molecule has 20 heavy (non-hydrogen) atoms. The monoisotopic (exact) mass is 273 g/mol. The third kappa shape index (κ3) is 2.23. The van der Waals surface area contributed by atoms with Crippen LogP contribution in [0.5, 0.6) is 0 Å². The quantitative estimate of drug-likeness (QED) is 0.813. The van der Waals surface area contributed by atoms with Gasteiger partial charge in [0.1, 0.15) is 0 Å². The minimum atomic E-state index is -0.444. The van der Waals surface area contributed by atoms with Gasteiger partial charge in [-0.05, 0) is 37.9 Å². The lowest BCUT2D eigenvalue weighted by Crippen LogP contribution is -2.62. The lowest BCUT2D eigenvalue weighted by atomic mass is 9.90. The third-order valence-electron chi connectivity index (χ3n) is 4.61. The van der Waals surface area contributed by atoms with E-state index in [1.165, 1.54) is 11.1 Å². The molecule has 2 heterocycles. The van der Waals surface area contributed by atoms with E-state index in [-0.39, 0.29) is 5.91 Å². The Hall–Kier alpha value is -1.39. The van der Waals surface area contributed by atoms with Gasteiger partial charge in [-0.3, -0.25) is 9.69 Å². The number of hydrogen-bond acceptors (Lipinski definition) is 3. The highest BCUT2D eigenvalue weighted by molar-refractivity contribution is 5.86. The predicted octanol–water partition coefficient (Wildman–Crippen LogP) is 1.43. The van der Waals surface area contributed by atoms with Gasteiger partial charge in [-0.25, -0.2) is 0 Å². The van der Waals surface area contributed by atoms with Crippen LogP contribution in [-0.4, -0.2) is 36.0 Å². The molecule has 2 aliphatic heterocycles. The van der Waals surface area contributed by atoms with Crippen LogP contribution >= 0.6 is 0 Å². The van der Waals surface area contributed by atoms with Crippen molar-refractivity contribution < 1.29 is 4.79 Å². The molecule has 3 rings (SSSR count). The zero-order valence-electron chi connectivity index (χ0n) is 12.3. The van der Waals surface area contributed by atoms with Gasteiger partial charge >= 0.3 is 0 Å². The summed E-state index contributed by atoms with van der Waals surface area (Å²) in [6, 6.07) is 8.93. The number of rotatable bonds is 1. The van der Waals surface area contributed by atoms with Crippen LogP contribution in [0.4, 0.5) is 0 Å². The first-order valence-electron chi connectivity index (χ1n) is 7.44. The second-order valence-electron chi connectivity index (χ2n) is 6.19. The van der Waals surface area contributed by atoms with E-state index in [9.17, 15) is 4.79 Å². The molecule has 2 N–H and O–H groups in total. The number of fused-ring (bicyclic) bond motifs is 1. The first kappa shape index (κ1) is 13.6. The maximum atomic E-state index is 12.2. The largest absolute Gasteiger partial charge is 0.353 e. The van der Waals surface area contributed by atoms with Gasteiger partial charge in [-0.15, -0.1) is 0 Å². The molecule has 0 radical (unpaired) electrons. The van der Waals surface area contributed by atoms with E-state index < -0.39 is 5.54 Å². The topological polar surface area (TPSA) is 44.4 Å². The number of nitrogens with one attached hydrogen (secondary N) is 2. The minimum absolute atomic E-state index is 0.137. The van der Waals surface area contributed by atoms with Crippen molar-refractivity contribution in [1.29, 1.82) is 0 Å². The molecule has 1 aromatic rings. The number of piperazine rings is 1. The van der Waals surface area contributed by atoms with Crippen LogP contribution in [0.2, 0.25) is 0 Å². The molecule has 1 amide bonds. The molecule has 1 aromatic carbocycles. The molecule has 0 bridgehead atoms. The summed E-state index contributed by atoms with van der Waals surface area (Å²) in [7, 11) is 0. The predicted molar refractivity (Wildman–Crippen MR) is 79.3 cm³/mol. The van der Waals surface area contributed by atoms with Gasteiger partial charge in [-0.1, -0.05) is 24.3 Å². The Morgan fingerprint density at radius 2 is 2.05 bits per heavy atom. The second-order valence-corrected chi connectivity index (χ2v) is 6.19. The first-order valence-corrected chi connectivity index (χ1v) is 7.44. The highest BCUT2D eigenvalue weighted by Crippen LogP contribution is 2.35. The summed E-state index contributed by atoms with van der Waals surface area (Å²) in [5.41, 5.74) is 2.29. The van der Waals surface area contributed by atoms with Crippen LogP contribution < -0.4 is 10.6 Å². The molecule has 1 unspecified atom stereocenters. The van der Waals surface area contributed by atoms with Crippen molar-refractivity contribution >= 4 is 5.91 Å². The standard InChI is InChI=1S/C16H23N3O/c1-16(2)15(20)18-9-10-19(16)14-7-8-17-11-12-5-3-4-6-13(12)14/h3-6,14,17H,7-11H2,1-2H3,(H,18,20). The normalized spacial score (nSPS) is 26.5. The lowest BCUT2D eigenvalue weighted by molar-refractivity contribution is -0.137. The number of carbonyl (C=O) groups is 1. The summed E-state index contributed by atoms with van der Waals surface area (Å²) in [5.74, 6) is 0.137. The Balaban J connectivity index is 1.98. The number of hydrogen-bond donors (Lipinski definition) is 2. The summed E-state index contributed by atoms with van der Waals surface area (Å²) in [5, 5.41) is 6.47. The number of amides is 1. The van der Waals surface area contributed by atoms with E-state index in [0.717, 1.165) is 32.6 Å². The lowest BCUT2D eigenvalue weighted by Gasteiger charge is -2.46. The second kappa shape index (κ2) is 5.19. The van der Waals surface area contributed by atoms with Crippen molar-refractivity contribution in [2.75, 3.05) is 19.6 Å². The highest BCUT2D eigenvalue weighted by Gasteiger charge is 2.42. The maximum Gasteiger partial charge on any atom is 0.240 e. The fourth-order valence-electron chi connectivity index (χ4n) is 3.42. The molecule has 0 spiro atoms. The van der Waals surface area contributed by atoms with Gasteiger partial charge in [0.15, 0.2) is 0 Å². The third-order valence-corrected chi connectivity index (χ3v) is 4.61. The van der Waals surface area contributed by atoms with Crippen molar-refractivity contribution in [3.8, 4) is 0 Å². The van der Waals surface area contributed by atoms with Crippen molar-refractivity contribution in [1.82, 2.24) is 15.5 Å². The van der Waals surface area contributed by atoms with Gasteiger partial charge in [0.2, 0.25) is 5.91 Å². The van der Waals surface area contributed by atoms with Gasteiger partial charge in [-0.2, -0.15) is 0 Å². The molecule has 0 aliphatic carbocycles. The fraction of sp³-hybridized carbons (Fsp3) is 0.562. The van der Waals surface area contributed by atoms with Crippen LogP contribution in [0.15, 0.2) is 24.3 Å². The van der Waals surface area contributed by atoms with Crippen LogP contribution in [0, 0.1) is 0 Å². The van der Waals surface area contributed by atoms with E-state index in [1.807, 2.05) is 13.8 Å². The molecule has 4 nitrogen and oxygen atoms in total. The number of nitrogens with zero attached hydrogens (tertiary/aromatic N) is 1. The summed E-state index contributed by atoms with van der Waals surface area (Å²) >= 11 is 0. The zero-order valence-corrected chi connectivity index (χ0v) is 12.3. The highest BCUT2D eigenvalue weighted by atomic mass is 16.2. The summed E-state index contributed by atoms with van der Waals surface area (Å²) in [6.07, 6.45) is 1.05. The van der Waals surface area contributed by atoms with Gasteiger partial charge in [0.05, 0.1) is 5.54 Å². The smallest absolute Gasteiger partial charge is 0.240 e. The van der Waals surface area contributed by atoms with E-state index in [0.29, 0.717) is 6.04 Å². The molecule has 2 aliphatic rings. The molecule has 1 saturated heterocycles. The molecule has 4 heteroatoms. The summed E-state index contributed by atoms with van der Waals surface area (Å²) in [6.45, 7) is 7.64. The van der Waals surface area contributed by atoms with E-state index >= 15 is 0 Å². The van der Waals surface area contributed by atoms with Gasteiger partial charge < -0.3 is 10.6 Å². The molecular formula is C16H23N3O. The zero-order chi connectivity index (χ0) is 14.2. The van der Waals surface area contributed by atoms with Crippen LogP contribution in [0.1, 0.15) is 37.4 Å². The fourth-order valence-corrected chi connectivity index (χ4v) is 3.42. The minimum Gasteiger partial charge on any atom is -0.353 e. The summed E-state index contributed by atoms with van der Waals surface area (Å²) < 4.78 is 0. The molecule has 0 aromatic heterocycles. The SMILES string of the molecule is CC1(C)C(=O)NCCN1C1CCNCc2ccccc21. The number of carbonyl (C=O) groups excluding carboxylic acids is 1. The molecule has 1 atom stereocenters. The van der Waals surface area contributed by atoms with Gasteiger partial charge in [0, 0.05) is 25.7 Å².